The molecule has 1 aromatic rings. The van der Waals surface area contributed by atoms with E-state index < -0.39 is 0 Å². The molecule has 1 heterocycles. The Bertz CT molecular complexity index is 382. The molecule has 2 atom stereocenters. The first-order valence-electron chi connectivity index (χ1n) is 8.41. The molecule has 0 saturated carbocycles. The minimum atomic E-state index is 0.498. The summed E-state index contributed by atoms with van der Waals surface area (Å²) in [6.07, 6.45) is 3.52. The molecule has 0 radical (unpaired) electrons. The zero-order valence-corrected chi connectivity index (χ0v) is 13.6. The Labute approximate surface area is 129 Å². The number of hydrogen-bond acceptors (Lipinski definition) is 3. The second-order valence-corrected chi connectivity index (χ2v) is 6.05. The van der Waals surface area contributed by atoms with E-state index in [1.165, 1.54) is 18.4 Å². The predicted molar refractivity (Wildman–Crippen MR) is 88.6 cm³/mol. The second-order valence-electron chi connectivity index (χ2n) is 6.05. The van der Waals surface area contributed by atoms with Gasteiger partial charge in [0.2, 0.25) is 0 Å². The van der Waals surface area contributed by atoms with E-state index in [-0.39, 0.29) is 0 Å². The van der Waals surface area contributed by atoms with E-state index >= 15 is 0 Å². The molecule has 1 saturated heterocycles. The largest absolute Gasteiger partial charge is 0.381 e. The summed E-state index contributed by atoms with van der Waals surface area (Å²) >= 11 is 0. The molecular weight excluding hydrogens is 260 g/mol. The summed E-state index contributed by atoms with van der Waals surface area (Å²) in [6.45, 7) is 9.56. The van der Waals surface area contributed by atoms with E-state index in [1.807, 2.05) is 0 Å². The summed E-state index contributed by atoms with van der Waals surface area (Å²) < 4.78 is 5.69. The molecule has 1 N–H and O–H groups in total. The predicted octanol–water partition coefficient (Wildman–Crippen LogP) is 3.23. The number of hydrogen-bond donors (Lipinski definition) is 1. The highest BCUT2D eigenvalue weighted by Crippen LogP contribution is 2.23. The molecule has 1 aliphatic heterocycles. The van der Waals surface area contributed by atoms with Crippen LogP contribution in [0.25, 0.3) is 0 Å². The number of nitrogens with one attached hydrogen (secondary N) is 1. The molecule has 118 valence electrons. The third-order valence-corrected chi connectivity index (χ3v) is 4.17. The number of unbranched alkanes of at least 4 members (excludes halogenated alkanes) is 1. The van der Waals surface area contributed by atoms with Crippen LogP contribution in [0.15, 0.2) is 30.3 Å². The number of rotatable bonds is 8. The summed E-state index contributed by atoms with van der Waals surface area (Å²) in [4.78, 5) is 2.61. The highest BCUT2D eigenvalue weighted by molar-refractivity contribution is 5.20. The van der Waals surface area contributed by atoms with Crippen LogP contribution >= 0.6 is 0 Å². The van der Waals surface area contributed by atoms with Gasteiger partial charge in [-0.2, -0.15) is 0 Å². The molecule has 0 amide bonds. The highest BCUT2D eigenvalue weighted by Gasteiger charge is 2.26. The maximum absolute atomic E-state index is 5.69. The Kier molecular flexibility index (Phi) is 7.20. The van der Waals surface area contributed by atoms with Gasteiger partial charge in [0.1, 0.15) is 0 Å². The molecule has 2 rings (SSSR count). The van der Waals surface area contributed by atoms with Crippen molar-refractivity contribution in [2.45, 2.75) is 45.2 Å². The molecule has 0 aromatic heterocycles. The minimum absolute atomic E-state index is 0.498. The van der Waals surface area contributed by atoms with Crippen molar-refractivity contribution >= 4 is 0 Å². The third-order valence-electron chi connectivity index (χ3n) is 4.17. The van der Waals surface area contributed by atoms with Gasteiger partial charge in [-0.1, -0.05) is 43.7 Å². The van der Waals surface area contributed by atoms with Crippen LogP contribution in [-0.4, -0.2) is 43.8 Å². The van der Waals surface area contributed by atoms with Gasteiger partial charge in [-0.15, -0.1) is 0 Å². The monoisotopic (exact) mass is 290 g/mol. The Hall–Kier alpha value is -0.900. The van der Waals surface area contributed by atoms with Crippen molar-refractivity contribution in [1.29, 1.82) is 0 Å². The first kappa shape index (κ1) is 16.5. The van der Waals surface area contributed by atoms with Gasteiger partial charge in [-0.05, 0) is 25.3 Å². The standard InChI is InChI=1S/C18H30N2O/c1-3-4-12-21-13-8-11-20-15-16(2)19-14-18(20)17-9-6-5-7-10-17/h5-7,9-10,16,18-19H,3-4,8,11-15H2,1-2H3. The van der Waals surface area contributed by atoms with Crippen molar-refractivity contribution in [3.63, 3.8) is 0 Å². The molecule has 0 aliphatic carbocycles. The van der Waals surface area contributed by atoms with Gasteiger partial charge in [-0.25, -0.2) is 0 Å². The lowest BCUT2D eigenvalue weighted by atomic mass is 10.0. The lowest BCUT2D eigenvalue weighted by Crippen LogP contribution is -2.51. The molecule has 0 bridgehead atoms. The highest BCUT2D eigenvalue weighted by atomic mass is 16.5. The normalized spacial score (nSPS) is 23.3. The van der Waals surface area contributed by atoms with Crippen LogP contribution in [0.2, 0.25) is 0 Å². The molecule has 0 spiro atoms. The van der Waals surface area contributed by atoms with Crippen molar-refractivity contribution in [1.82, 2.24) is 10.2 Å². The molecule has 1 fully saturated rings. The van der Waals surface area contributed by atoms with Gasteiger partial charge in [0.15, 0.2) is 0 Å². The van der Waals surface area contributed by atoms with Crippen LogP contribution in [0.1, 0.15) is 44.7 Å². The number of piperazine rings is 1. The summed E-state index contributed by atoms with van der Waals surface area (Å²) in [6, 6.07) is 11.9. The van der Waals surface area contributed by atoms with E-state index in [2.05, 4.69) is 54.4 Å². The second kappa shape index (κ2) is 9.19. The van der Waals surface area contributed by atoms with Crippen molar-refractivity contribution < 1.29 is 4.74 Å². The molecule has 3 heteroatoms. The SMILES string of the molecule is CCCCOCCCN1CC(C)NCC1c1ccccc1. The Balaban J connectivity index is 1.81. The first-order chi connectivity index (χ1) is 10.3. The molecule has 1 aromatic carbocycles. The van der Waals surface area contributed by atoms with Crippen LogP contribution in [0.4, 0.5) is 0 Å². The average molecular weight is 290 g/mol. The van der Waals surface area contributed by atoms with E-state index in [0.29, 0.717) is 12.1 Å². The molecule has 3 nitrogen and oxygen atoms in total. The zero-order valence-electron chi connectivity index (χ0n) is 13.6. The fourth-order valence-electron chi connectivity index (χ4n) is 2.95. The number of benzene rings is 1. The van der Waals surface area contributed by atoms with Gasteiger partial charge >= 0.3 is 0 Å². The number of nitrogens with zero attached hydrogens (tertiary/aromatic N) is 1. The van der Waals surface area contributed by atoms with Crippen molar-refractivity contribution in [2.24, 2.45) is 0 Å². The van der Waals surface area contributed by atoms with Crippen LogP contribution in [0, 0.1) is 0 Å². The maximum Gasteiger partial charge on any atom is 0.0478 e. The quantitative estimate of drug-likeness (QED) is 0.744. The zero-order chi connectivity index (χ0) is 14.9. The van der Waals surface area contributed by atoms with Gasteiger partial charge < -0.3 is 10.1 Å². The first-order valence-corrected chi connectivity index (χ1v) is 8.41. The van der Waals surface area contributed by atoms with Gasteiger partial charge in [0, 0.05) is 44.9 Å². The summed E-state index contributed by atoms with van der Waals surface area (Å²) in [5.74, 6) is 0. The number of ether oxygens (including phenoxy) is 1. The van der Waals surface area contributed by atoms with Crippen LogP contribution in [0.5, 0.6) is 0 Å². The van der Waals surface area contributed by atoms with Crippen molar-refractivity contribution in [3.05, 3.63) is 35.9 Å². The van der Waals surface area contributed by atoms with Crippen LogP contribution in [0.3, 0.4) is 0 Å². The minimum Gasteiger partial charge on any atom is -0.381 e. The van der Waals surface area contributed by atoms with Crippen molar-refractivity contribution in [3.8, 4) is 0 Å². The summed E-state index contributed by atoms with van der Waals surface area (Å²) in [5.41, 5.74) is 1.42. The van der Waals surface area contributed by atoms with Gasteiger partial charge in [-0.3, -0.25) is 4.90 Å². The third kappa shape index (κ3) is 5.42. The van der Waals surface area contributed by atoms with Crippen molar-refractivity contribution in [2.75, 3.05) is 32.8 Å². The van der Waals surface area contributed by atoms with Gasteiger partial charge in [0.25, 0.3) is 0 Å². The molecule has 2 unspecified atom stereocenters. The lowest BCUT2D eigenvalue weighted by molar-refractivity contribution is 0.0930. The van der Waals surface area contributed by atoms with Crippen LogP contribution < -0.4 is 5.32 Å². The van der Waals surface area contributed by atoms with E-state index in [4.69, 9.17) is 4.74 Å². The summed E-state index contributed by atoms with van der Waals surface area (Å²) in [7, 11) is 0. The average Bonchev–Trinajstić information content (AvgIpc) is 2.52. The molecular formula is C18H30N2O. The van der Waals surface area contributed by atoms with Crippen LogP contribution in [-0.2, 0) is 4.74 Å². The Morgan fingerprint density at radius 2 is 1.95 bits per heavy atom. The van der Waals surface area contributed by atoms with E-state index in [9.17, 15) is 0 Å². The molecule has 1 aliphatic rings. The molecule has 21 heavy (non-hydrogen) atoms. The fourth-order valence-corrected chi connectivity index (χ4v) is 2.95. The smallest absolute Gasteiger partial charge is 0.0478 e. The fraction of sp³-hybridized carbons (Fsp3) is 0.667. The maximum atomic E-state index is 5.69. The van der Waals surface area contributed by atoms with Gasteiger partial charge in [0.05, 0.1) is 0 Å². The van der Waals surface area contributed by atoms with E-state index in [0.717, 1.165) is 39.3 Å². The Morgan fingerprint density at radius 1 is 1.19 bits per heavy atom. The topological polar surface area (TPSA) is 24.5 Å². The van der Waals surface area contributed by atoms with E-state index in [1.54, 1.807) is 0 Å². The Morgan fingerprint density at radius 3 is 2.71 bits per heavy atom. The lowest BCUT2D eigenvalue weighted by Gasteiger charge is -2.39. The summed E-state index contributed by atoms with van der Waals surface area (Å²) in [5, 5.41) is 3.61.